The van der Waals surface area contributed by atoms with Crippen LogP contribution in [0.4, 0.5) is 5.82 Å². The van der Waals surface area contributed by atoms with E-state index in [1.165, 1.54) is 11.3 Å². The predicted octanol–water partition coefficient (Wildman–Crippen LogP) is 6.85. The Morgan fingerprint density at radius 3 is 2.37 bits per heavy atom. The minimum atomic E-state index is -1.16. The summed E-state index contributed by atoms with van der Waals surface area (Å²) in [4.78, 5) is 31.8. The third-order valence-corrected chi connectivity index (χ3v) is 8.59. The SMILES string of the molecule is Cc1cc2nc(-c3cncc(N4CCN(C(C)C)CC4)n3)sc2c(-c2ccc(Cl)cc2)c1C(OC(C)(C)C)C(=O)O. The molecule has 0 aliphatic carbocycles. The number of aliphatic carboxylic acids is 1. The summed E-state index contributed by atoms with van der Waals surface area (Å²) in [5.41, 5.74) is 3.83. The molecule has 5 rings (SSSR count). The molecule has 0 radical (unpaired) electrons. The van der Waals surface area contributed by atoms with E-state index in [0.29, 0.717) is 22.3 Å². The second kappa shape index (κ2) is 11.6. The summed E-state index contributed by atoms with van der Waals surface area (Å²) < 4.78 is 6.99. The second-order valence-electron chi connectivity index (χ2n) is 11.7. The summed E-state index contributed by atoms with van der Waals surface area (Å²) in [5, 5.41) is 11.6. The van der Waals surface area contributed by atoms with Crippen molar-refractivity contribution in [3.8, 4) is 21.8 Å². The van der Waals surface area contributed by atoms with E-state index >= 15 is 0 Å². The number of piperazine rings is 1. The van der Waals surface area contributed by atoms with E-state index < -0.39 is 17.7 Å². The van der Waals surface area contributed by atoms with E-state index in [2.05, 4.69) is 28.6 Å². The molecule has 1 saturated heterocycles. The maximum atomic E-state index is 12.6. The predicted molar refractivity (Wildman–Crippen MR) is 166 cm³/mol. The van der Waals surface area contributed by atoms with Crippen LogP contribution in [-0.2, 0) is 9.53 Å². The number of halogens is 1. The number of ether oxygens (including phenoxy) is 1. The first-order valence-corrected chi connectivity index (χ1v) is 15.0. The Labute approximate surface area is 250 Å². The van der Waals surface area contributed by atoms with Crippen LogP contribution < -0.4 is 4.90 Å². The van der Waals surface area contributed by atoms with E-state index in [0.717, 1.165) is 63.9 Å². The Balaban J connectivity index is 1.62. The Bertz CT molecular complexity index is 1560. The number of aryl methyl sites for hydroxylation is 1. The number of rotatable bonds is 7. The summed E-state index contributed by atoms with van der Waals surface area (Å²) in [5.74, 6) is -0.206. The Kier molecular flexibility index (Phi) is 8.34. The lowest BCUT2D eigenvalue weighted by Crippen LogP contribution is -2.49. The quantitative estimate of drug-likeness (QED) is 0.249. The van der Waals surface area contributed by atoms with Crippen LogP contribution in [0.5, 0.6) is 0 Å². The van der Waals surface area contributed by atoms with Crippen LogP contribution >= 0.6 is 22.9 Å². The van der Waals surface area contributed by atoms with Crippen molar-refractivity contribution in [2.45, 2.75) is 59.3 Å². The molecule has 0 saturated carbocycles. The first-order chi connectivity index (χ1) is 19.4. The fourth-order valence-electron chi connectivity index (χ4n) is 5.23. The highest BCUT2D eigenvalue weighted by Gasteiger charge is 2.32. The number of benzene rings is 2. The summed E-state index contributed by atoms with van der Waals surface area (Å²) in [6.07, 6.45) is 2.39. The fraction of sp³-hybridized carbons (Fsp3) is 0.419. The lowest BCUT2D eigenvalue weighted by molar-refractivity contribution is -0.160. The van der Waals surface area contributed by atoms with E-state index in [9.17, 15) is 9.90 Å². The molecule has 216 valence electrons. The molecule has 2 aromatic heterocycles. The average molecular weight is 594 g/mol. The van der Waals surface area contributed by atoms with Gasteiger partial charge in [-0.05, 0) is 70.9 Å². The van der Waals surface area contributed by atoms with Gasteiger partial charge in [0.05, 0.1) is 28.2 Å². The third kappa shape index (κ3) is 6.38. The number of fused-ring (bicyclic) bond motifs is 1. The molecule has 3 heterocycles. The zero-order valence-electron chi connectivity index (χ0n) is 24.3. The number of thiazole rings is 1. The van der Waals surface area contributed by atoms with Crippen molar-refractivity contribution in [2.75, 3.05) is 31.1 Å². The Morgan fingerprint density at radius 1 is 1.07 bits per heavy atom. The molecule has 0 spiro atoms. The highest BCUT2D eigenvalue weighted by molar-refractivity contribution is 7.22. The summed E-state index contributed by atoms with van der Waals surface area (Å²) in [6.45, 7) is 15.7. The summed E-state index contributed by atoms with van der Waals surface area (Å²) >= 11 is 7.71. The molecule has 0 amide bonds. The third-order valence-electron chi connectivity index (χ3n) is 7.23. The van der Waals surface area contributed by atoms with Gasteiger partial charge in [0.2, 0.25) is 0 Å². The van der Waals surface area contributed by atoms with Crippen molar-refractivity contribution in [1.29, 1.82) is 0 Å². The van der Waals surface area contributed by atoms with Crippen molar-refractivity contribution < 1.29 is 14.6 Å². The zero-order chi connectivity index (χ0) is 29.5. The number of hydrogen-bond donors (Lipinski definition) is 1. The van der Waals surface area contributed by atoms with Gasteiger partial charge in [0, 0.05) is 48.4 Å². The second-order valence-corrected chi connectivity index (χ2v) is 13.1. The van der Waals surface area contributed by atoms with Gasteiger partial charge in [-0.25, -0.2) is 14.8 Å². The average Bonchev–Trinajstić information content (AvgIpc) is 3.35. The molecule has 2 aromatic carbocycles. The maximum absolute atomic E-state index is 12.6. The summed E-state index contributed by atoms with van der Waals surface area (Å²) in [7, 11) is 0. The normalized spacial score (nSPS) is 15.6. The molecule has 0 bridgehead atoms. The summed E-state index contributed by atoms with van der Waals surface area (Å²) in [6, 6.07) is 9.90. The minimum Gasteiger partial charge on any atom is -0.479 e. The van der Waals surface area contributed by atoms with Crippen LogP contribution in [-0.4, -0.2) is 68.7 Å². The largest absolute Gasteiger partial charge is 0.479 e. The first kappa shape index (κ1) is 29.4. The van der Waals surface area contributed by atoms with Crippen LogP contribution in [0, 0.1) is 6.92 Å². The maximum Gasteiger partial charge on any atom is 0.337 e. The number of carbonyl (C=O) groups is 1. The number of nitrogens with zero attached hydrogens (tertiary/aromatic N) is 5. The highest BCUT2D eigenvalue weighted by atomic mass is 35.5. The van der Waals surface area contributed by atoms with Gasteiger partial charge in [-0.1, -0.05) is 23.7 Å². The molecule has 1 N–H and O–H groups in total. The standard InChI is InChI=1S/C31H36ClN5O3S/c1-18(2)36-11-13-37(14-12-36)24-17-33-16-23(34-24)29-35-22-15-19(3)25(27(30(38)39)40-31(4,5)6)26(28(22)41-29)20-7-9-21(32)10-8-20/h7-10,15-18,27H,11-14H2,1-6H3,(H,38,39). The molecule has 1 fully saturated rings. The van der Waals surface area contributed by atoms with E-state index in [-0.39, 0.29) is 0 Å². The van der Waals surface area contributed by atoms with Gasteiger partial charge >= 0.3 is 5.97 Å². The number of aromatic nitrogens is 3. The molecule has 1 atom stereocenters. The first-order valence-electron chi connectivity index (χ1n) is 13.8. The molecular weight excluding hydrogens is 558 g/mol. The fourth-order valence-corrected chi connectivity index (χ4v) is 6.43. The molecule has 8 nitrogen and oxygen atoms in total. The van der Waals surface area contributed by atoms with Gasteiger partial charge in [0.1, 0.15) is 16.5 Å². The smallest absolute Gasteiger partial charge is 0.337 e. The van der Waals surface area contributed by atoms with Crippen LogP contribution in [0.15, 0.2) is 42.7 Å². The molecule has 10 heteroatoms. The van der Waals surface area contributed by atoms with E-state index in [1.807, 2.05) is 64.2 Å². The van der Waals surface area contributed by atoms with E-state index in [4.69, 9.17) is 26.3 Å². The molecule has 4 aromatic rings. The Hall–Kier alpha value is -3.11. The van der Waals surface area contributed by atoms with Gasteiger partial charge in [-0.3, -0.25) is 9.88 Å². The van der Waals surface area contributed by atoms with Gasteiger partial charge in [0.25, 0.3) is 0 Å². The van der Waals surface area contributed by atoms with Crippen LogP contribution in [0.25, 0.3) is 32.0 Å². The van der Waals surface area contributed by atoms with E-state index in [1.54, 1.807) is 6.20 Å². The van der Waals surface area contributed by atoms with Crippen molar-refractivity contribution >= 4 is 44.9 Å². The molecule has 1 aliphatic heterocycles. The number of carboxylic acids is 1. The molecule has 1 aliphatic rings. The number of anilines is 1. The van der Waals surface area contributed by atoms with Gasteiger partial charge < -0.3 is 14.7 Å². The van der Waals surface area contributed by atoms with Crippen molar-refractivity contribution in [3.05, 3.63) is 58.9 Å². The number of hydrogen-bond acceptors (Lipinski definition) is 8. The monoisotopic (exact) mass is 593 g/mol. The van der Waals surface area contributed by atoms with Crippen molar-refractivity contribution in [3.63, 3.8) is 0 Å². The highest BCUT2D eigenvalue weighted by Crippen LogP contribution is 2.44. The van der Waals surface area contributed by atoms with Gasteiger partial charge in [0.15, 0.2) is 6.10 Å². The molecule has 41 heavy (non-hydrogen) atoms. The molecular formula is C31H36ClN5O3S. The Morgan fingerprint density at radius 2 is 1.76 bits per heavy atom. The lowest BCUT2D eigenvalue weighted by atomic mass is 9.91. The van der Waals surface area contributed by atoms with Gasteiger partial charge in [-0.15, -0.1) is 11.3 Å². The molecule has 1 unspecified atom stereocenters. The number of carboxylic acid groups (broad SMARTS) is 1. The van der Waals surface area contributed by atoms with Gasteiger partial charge in [-0.2, -0.15) is 0 Å². The van der Waals surface area contributed by atoms with Crippen LogP contribution in [0.1, 0.15) is 51.8 Å². The van der Waals surface area contributed by atoms with Crippen LogP contribution in [0.3, 0.4) is 0 Å². The van der Waals surface area contributed by atoms with Crippen molar-refractivity contribution in [2.24, 2.45) is 0 Å². The zero-order valence-corrected chi connectivity index (χ0v) is 25.9. The van der Waals surface area contributed by atoms with Crippen molar-refractivity contribution in [1.82, 2.24) is 19.9 Å². The lowest BCUT2D eigenvalue weighted by Gasteiger charge is -2.37. The minimum absolute atomic E-state index is 0.523. The van der Waals surface area contributed by atoms with Crippen LogP contribution in [0.2, 0.25) is 5.02 Å². The topological polar surface area (TPSA) is 91.7 Å².